The number of primary amides is 1. The summed E-state index contributed by atoms with van der Waals surface area (Å²) in [7, 11) is 2.34. The van der Waals surface area contributed by atoms with Crippen molar-refractivity contribution in [3.05, 3.63) is 53.7 Å². The van der Waals surface area contributed by atoms with E-state index in [4.69, 9.17) is 5.73 Å². The lowest BCUT2D eigenvalue weighted by Crippen LogP contribution is -2.65. The summed E-state index contributed by atoms with van der Waals surface area (Å²) in [6, 6.07) is 12.0. The van der Waals surface area contributed by atoms with Crippen molar-refractivity contribution in [2.75, 3.05) is 14.1 Å². The van der Waals surface area contributed by atoms with Crippen LogP contribution in [0.5, 0.6) is 0 Å². The first-order chi connectivity index (χ1) is 12.2. The van der Waals surface area contributed by atoms with Gasteiger partial charge in [-0.3, -0.25) is 24.3 Å². The average molecular weight is 356 g/mol. The number of hydrogen-bond donors (Lipinski definition) is 3. The Kier molecular flexibility index (Phi) is 5.37. The van der Waals surface area contributed by atoms with Gasteiger partial charge >= 0.3 is 5.72 Å². The Morgan fingerprint density at radius 3 is 2.27 bits per heavy atom. The molecule has 0 radical (unpaired) electrons. The number of likely N-dealkylation sites (N-methyl/N-ethyl adjacent to an activating group) is 2. The normalized spacial score (nSPS) is 12.8. The van der Waals surface area contributed by atoms with E-state index in [-0.39, 0.29) is 5.56 Å². The number of aromatic nitrogens is 1. The first-order valence-corrected chi connectivity index (χ1v) is 7.78. The number of hydrogen-bond acceptors (Lipinski definition) is 5. The topological polar surface area (TPSA) is 126 Å². The smallest absolute Gasteiger partial charge is 0.302 e. The Morgan fingerprint density at radius 2 is 1.77 bits per heavy atom. The fourth-order valence-corrected chi connectivity index (χ4v) is 2.43. The summed E-state index contributed by atoms with van der Waals surface area (Å²) in [5, 5.41) is 12.4. The number of nitrogens with two attached hydrogens (primary N) is 1. The third kappa shape index (κ3) is 3.40. The number of benzene rings is 1. The molecule has 2 aromatic rings. The van der Waals surface area contributed by atoms with E-state index in [2.05, 4.69) is 10.3 Å². The third-order valence-electron chi connectivity index (χ3n) is 3.99. The van der Waals surface area contributed by atoms with Crippen LogP contribution >= 0.6 is 0 Å². The van der Waals surface area contributed by atoms with E-state index in [1.165, 1.54) is 19.2 Å². The van der Waals surface area contributed by atoms with Crippen molar-refractivity contribution in [3.63, 3.8) is 0 Å². The molecule has 0 bridgehead atoms. The summed E-state index contributed by atoms with van der Waals surface area (Å²) in [6.07, 6.45) is 0. The number of pyridine rings is 1. The zero-order chi connectivity index (χ0) is 19.5. The Labute approximate surface area is 150 Å². The molecule has 1 unspecified atom stereocenters. The molecule has 0 spiro atoms. The van der Waals surface area contributed by atoms with Gasteiger partial charge in [0.05, 0.1) is 5.69 Å². The van der Waals surface area contributed by atoms with Crippen molar-refractivity contribution in [1.29, 1.82) is 0 Å². The van der Waals surface area contributed by atoms with Crippen molar-refractivity contribution < 1.29 is 19.5 Å². The molecule has 1 aromatic carbocycles. The van der Waals surface area contributed by atoms with Crippen LogP contribution in [0.1, 0.15) is 16.1 Å². The fraction of sp³-hybridized carbons (Fsp3) is 0.222. The van der Waals surface area contributed by atoms with Crippen molar-refractivity contribution in [2.45, 2.75) is 12.6 Å². The molecule has 26 heavy (non-hydrogen) atoms. The minimum atomic E-state index is -2.79. The van der Waals surface area contributed by atoms with Crippen LogP contribution in [0.15, 0.2) is 42.5 Å². The number of nitrogens with one attached hydrogen (secondary N) is 1. The molecule has 1 aromatic heterocycles. The zero-order valence-electron chi connectivity index (χ0n) is 14.7. The molecule has 0 saturated carbocycles. The highest BCUT2D eigenvalue weighted by Crippen LogP contribution is 2.20. The summed E-state index contributed by atoms with van der Waals surface area (Å²) < 4.78 is 0. The Hall–Kier alpha value is -3.26. The first kappa shape index (κ1) is 19.1. The quantitative estimate of drug-likeness (QED) is 0.515. The van der Waals surface area contributed by atoms with Crippen LogP contribution in [0.2, 0.25) is 0 Å². The minimum Gasteiger partial charge on any atom is -0.365 e. The lowest BCUT2D eigenvalue weighted by Gasteiger charge is -2.32. The Morgan fingerprint density at radius 1 is 1.15 bits per heavy atom. The molecule has 0 aliphatic heterocycles. The van der Waals surface area contributed by atoms with Gasteiger partial charge in [0.2, 0.25) is 0 Å². The van der Waals surface area contributed by atoms with Crippen LogP contribution < -0.4 is 11.1 Å². The second kappa shape index (κ2) is 7.32. The number of amides is 3. The van der Waals surface area contributed by atoms with E-state index in [1.807, 2.05) is 25.1 Å². The molecule has 0 aliphatic rings. The van der Waals surface area contributed by atoms with Crippen molar-refractivity contribution >= 4 is 17.7 Å². The molecular weight excluding hydrogens is 336 g/mol. The van der Waals surface area contributed by atoms with Crippen molar-refractivity contribution in [2.24, 2.45) is 5.73 Å². The van der Waals surface area contributed by atoms with E-state index in [9.17, 15) is 19.5 Å². The number of carbonyl (C=O) groups is 3. The molecule has 0 saturated heterocycles. The maximum Gasteiger partial charge on any atom is 0.302 e. The molecular formula is C18H20N4O4. The maximum absolute atomic E-state index is 12.6. The van der Waals surface area contributed by atoms with E-state index in [0.29, 0.717) is 4.90 Å². The van der Waals surface area contributed by atoms with Gasteiger partial charge in [-0.1, -0.05) is 18.2 Å². The van der Waals surface area contributed by atoms with Gasteiger partial charge in [-0.15, -0.1) is 0 Å². The van der Waals surface area contributed by atoms with Gasteiger partial charge in [0.25, 0.3) is 17.7 Å². The second-order valence-electron chi connectivity index (χ2n) is 5.72. The molecule has 2 rings (SSSR count). The predicted octanol–water partition coefficient (Wildman–Crippen LogP) is 0.0489. The van der Waals surface area contributed by atoms with Gasteiger partial charge in [-0.2, -0.15) is 0 Å². The minimum absolute atomic E-state index is 0.174. The van der Waals surface area contributed by atoms with Crippen LogP contribution in [0.4, 0.5) is 0 Å². The maximum atomic E-state index is 12.6. The van der Waals surface area contributed by atoms with Gasteiger partial charge in [0.15, 0.2) is 0 Å². The van der Waals surface area contributed by atoms with E-state index < -0.39 is 23.4 Å². The van der Waals surface area contributed by atoms with Crippen LogP contribution in [0.3, 0.4) is 0 Å². The molecule has 0 fully saturated rings. The number of carbonyl (C=O) groups excluding carboxylic acids is 3. The first-order valence-electron chi connectivity index (χ1n) is 7.78. The van der Waals surface area contributed by atoms with Gasteiger partial charge in [-0.05, 0) is 31.2 Å². The third-order valence-corrected chi connectivity index (χ3v) is 3.99. The van der Waals surface area contributed by atoms with Crippen molar-refractivity contribution in [3.8, 4) is 11.3 Å². The molecule has 136 valence electrons. The number of rotatable bonds is 5. The fourth-order valence-electron chi connectivity index (χ4n) is 2.43. The Bertz CT molecular complexity index is 851. The van der Waals surface area contributed by atoms with Gasteiger partial charge in [-0.25, -0.2) is 0 Å². The van der Waals surface area contributed by atoms with E-state index >= 15 is 0 Å². The van der Waals surface area contributed by atoms with Gasteiger partial charge < -0.3 is 16.2 Å². The SMILES string of the molecule is CNC(=O)C(O)(C(N)=O)N(C)C(=O)c1ccc(-c2cccc(C)n2)cc1. The molecule has 4 N–H and O–H groups in total. The zero-order valence-corrected chi connectivity index (χ0v) is 14.7. The highest BCUT2D eigenvalue weighted by Gasteiger charge is 2.48. The van der Waals surface area contributed by atoms with Gasteiger partial charge in [0, 0.05) is 30.9 Å². The predicted molar refractivity (Wildman–Crippen MR) is 94.7 cm³/mol. The highest BCUT2D eigenvalue weighted by molar-refractivity contribution is 6.11. The van der Waals surface area contributed by atoms with Crippen LogP contribution in [0.25, 0.3) is 11.3 Å². The lowest BCUT2D eigenvalue weighted by atomic mass is 10.1. The highest BCUT2D eigenvalue weighted by atomic mass is 16.3. The molecule has 0 aliphatic carbocycles. The Balaban J connectivity index is 2.32. The molecule has 8 nitrogen and oxygen atoms in total. The van der Waals surface area contributed by atoms with Crippen LogP contribution in [-0.4, -0.2) is 52.5 Å². The van der Waals surface area contributed by atoms with E-state index in [0.717, 1.165) is 24.0 Å². The average Bonchev–Trinajstić information content (AvgIpc) is 2.65. The van der Waals surface area contributed by atoms with E-state index in [1.54, 1.807) is 12.1 Å². The van der Waals surface area contributed by atoms with Crippen LogP contribution in [-0.2, 0) is 9.59 Å². The number of aliphatic hydroxyl groups is 1. The lowest BCUT2D eigenvalue weighted by molar-refractivity contribution is -0.166. The molecule has 3 amide bonds. The molecule has 8 heteroatoms. The summed E-state index contributed by atoms with van der Waals surface area (Å²) in [4.78, 5) is 41.0. The largest absolute Gasteiger partial charge is 0.365 e. The van der Waals surface area contributed by atoms with Crippen LogP contribution in [0, 0.1) is 6.92 Å². The standard InChI is InChI=1S/C18H20N4O4/c1-11-5-4-6-14(21-11)12-7-9-13(10-8-12)15(23)22(3)18(26,16(19)24)17(25)20-2/h4-10,26H,1-3H3,(H2,19,24)(H,20,25). The number of aryl methyl sites for hydroxylation is 1. The number of nitrogens with zero attached hydrogens (tertiary/aromatic N) is 2. The summed E-state index contributed by atoms with van der Waals surface area (Å²) in [6.45, 7) is 1.87. The van der Waals surface area contributed by atoms with Gasteiger partial charge in [0.1, 0.15) is 0 Å². The molecule has 1 heterocycles. The molecule has 1 atom stereocenters. The summed E-state index contributed by atoms with van der Waals surface area (Å²) in [5.74, 6) is -3.19. The van der Waals surface area contributed by atoms with Crippen molar-refractivity contribution in [1.82, 2.24) is 15.2 Å². The monoisotopic (exact) mass is 356 g/mol. The summed E-state index contributed by atoms with van der Waals surface area (Å²) >= 11 is 0. The summed E-state index contributed by atoms with van der Waals surface area (Å²) in [5.41, 5.74) is 4.91. The second-order valence-corrected chi connectivity index (χ2v) is 5.72.